The highest BCUT2D eigenvalue weighted by molar-refractivity contribution is 4.84. The minimum atomic E-state index is -0.630. The molecule has 0 aromatic carbocycles. The minimum Gasteiger partial charge on any atom is -0.394 e. The third-order valence-corrected chi connectivity index (χ3v) is 2.09. The van der Waals surface area contributed by atoms with Crippen molar-refractivity contribution in [1.29, 1.82) is 0 Å². The summed E-state index contributed by atoms with van der Waals surface area (Å²) in [7, 11) is 0. The summed E-state index contributed by atoms with van der Waals surface area (Å²) >= 11 is 0. The van der Waals surface area contributed by atoms with Crippen molar-refractivity contribution >= 4 is 0 Å². The van der Waals surface area contributed by atoms with Crippen LogP contribution in [0.3, 0.4) is 0 Å². The molecule has 0 aromatic heterocycles. The topological polar surface area (TPSA) is 52.5 Å². The molecule has 0 rings (SSSR count). The SMILES string of the molecule is CCC(CO)(CO)NCCCF. The highest BCUT2D eigenvalue weighted by Gasteiger charge is 2.24. The first-order chi connectivity index (χ1) is 5.74. The summed E-state index contributed by atoms with van der Waals surface area (Å²) in [6, 6.07) is 0. The molecule has 0 bridgehead atoms. The number of alkyl halides is 1. The van der Waals surface area contributed by atoms with Crippen LogP contribution in [0.1, 0.15) is 19.8 Å². The van der Waals surface area contributed by atoms with Crippen molar-refractivity contribution in [3.8, 4) is 0 Å². The molecule has 0 aliphatic heterocycles. The highest BCUT2D eigenvalue weighted by Crippen LogP contribution is 2.07. The maximum absolute atomic E-state index is 11.7. The van der Waals surface area contributed by atoms with Gasteiger partial charge in [-0.15, -0.1) is 0 Å². The van der Waals surface area contributed by atoms with Crippen LogP contribution in [0.4, 0.5) is 4.39 Å². The lowest BCUT2D eigenvalue weighted by atomic mass is 9.98. The van der Waals surface area contributed by atoms with Gasteiger partial charge in [0.15, 0.2) is 0 Å². The molecule has 0 atom stereocenters. The van der Waals surface area contributed by atoms with Crippen LogP contribution < -0.4 is 5.32 Å². The van der Waals surface area contributed by atoms with Crippen molar-refractivity contribution in [2.75, 3.05) is 26.4 Å². The normalized spacial score (nSPS) is 12.0. The van der Waals surface area contributed by atoms with Crippen LogP contribution in [0.15, 0.2) is 0 Å². The third kappa shape index (κ3) is 3.47. The van der Waals surface area contributed by atoms with Crippen molar-refractivity contribution in [2.24, 2.45) is 0 Å². The summed E-state index contributed by atoms with van der Waals surface area (Å²) in [5.41, 5.74) is -0.630. The van der Waals surface area contributed by atoms with Crippen molar-refractivity contribution < 1.29 is 14.6 Å². The highest BCUT2D eigenvalue weighted by atomic mass is 19.1. The quantitative estimate of drug-likeness (QED) is 0.485. The fraction of sp³-hybridized carbons (Fsp3) is 1.00. The Balaban J connectivity index is 3.76. The Morgan fingerprint density at radius 2 is 1.92 bits per heavy atom. The van der Waals surface area contributed by atoms with Gasteiger partial charge in [0.25, 0.3) is 0 Å². The number of nitrogens with one attached hydrogen (secondary N) is 1. The standard InChI is InChI=1S/C8H18FNO2/c1-2-8(6-11,7-12)10-5-3-4-9/h10-12H,2-7H2,1H3. The first-order valence-electron chi connectivity index (χ1n) is 4.27. The second kappa shape index (κ2) is 6.34. The molecule has 0 amide bonds. The van der Waals surface area contributed by atoms with Crippen molar-refractivity contribution in [3.63, 3.8) is 0 Å². The van der Waals surface area contributed by atoms with E-state index in [4.69, 9.17) is 10.2 Å². The molecule has 0 aliphatic rings. The van der Waals surface area contributed by atoms with Crippen LogP contribution in [-0.4, -0.2) is 42.2 Å². The summed E-state index contributed by atoms with van der Waals surface area (Å²) in [6.45, 7) is 1.75. The molecular weight excluding hydrogens is 161 g/mol. The van der Waals surface area contributed by atoms with Crippen LogP contribution in [-0.2, 0) is 0 Å². The van der Waals surface area contributed by atoms with Crippen LogP contribution >= 0.6 is 0 Å². The predicted octanol–water partition coefficient (Wildman–Crippen LogP) is 0.0690. The largest absolute Gasteiger partial charge is 0.394 e. The molecule has 74 valence electrons. The summed E-state index contributed by atoms with van der Waals surface area (Å²) in [6.07, 6.45) is 1.05. The fourth-order valence-electron chi connectivity index (χ4n) is 0.931. The van der Waals surface area contributed by atoms with Gasteiger partial charge in [-0.2, -0.15) is 0 Å². The van der Waals surface area contributed by atoms with Gasteiger partial charge in [-0.05, 0) is 19.4 Å². The number of hydrogen-bond acceptors (Lipinski definition) is 3. The average molecular weight is 179 g/mol. The van der Waals surface area contributed by atoms with E-state index in [0.717, 1.165) is 0 Å². The summed E-state index contributed by atoms with van der Waals surface area (Å²) in [5, 5.41) is 20.9. The van der Waals surface area contributed by atoms with Gasteiger partial charge in [-0.1, -0.05) is 6.92 Å². The summed E-state index contributed by atoms with van der Waals surface area (Å²) in [4.78, 5) is 0. The van der Waals surface area contributed by atoms with E-state index in [0.29, 0.717) is 19.4 Å². The molecule has 0 fully saturated rings. The van der Waals surface area contributed by atoms with Crippen LogP contribution in [0, 0.1) is 0 Å². The van der Waals surface area contributed by atoms with Gasteiger partial charge in [0.05, 0.1) is 25.4 Å². The molecule has 0 aromatic rings. The Morgan fingerprint density at radius 1 is 1.33 bits per heavy atom. The minimum absolute atomic E-state index is 0.119. The van der Waals surface area contributed by atoms with E-state index >= 15 is 0 Å². The van der Waals surface area contributed by atoms with E-state index in [2.05, 4.69) is 5.32 Å². The molecule has 0 spiro atoms. The van der Waals surface area contributed by atoms with Crippen molar-refractivity contribution in [1.82, 2.24) is 5.32 Å². The van der Waals surface area contributed by atoms with E-state index < -0.39 is 5.54 Å². The first kappa shape index (κ1) is 11.8. The van der Waals surface area contributed by atoms with Crippen molar-refractivity contribution in [2.45, 2.75) is 25.3 Å². The van der Waals surface area contributed by atoms with E-state index in [1.807, 2.05) is 6.92 Å². The van der Waals surface area contributed by atoms with Crippen LogP contribution in [0.2, 0.25) is 0 Å². The average Bonchev–Trinajstić information content (AvgIpc) is 2.14. The van der Waals surface area contributed by atoms with Gasteiger partial charge < -0.3 is 15.5 Å². The van der Waals surface area contributed by atoms with Gasteiger partial charge in [-0.25, -0.2) is 0 Å². The molecule has 0 heterocycles. The molecule has 12 heavy (non-hydrogen) atoms. The lowest BCUT2D eigenvalue weighted by molar-refractivity contribution is 0.0873. The van der Waals surface area contributed by atoms with Gasteiger partial charge in [0.2, 0.25) is 0 Å². The molecule has 4 heteroatoms. The van der Waals surface area contributed by atoms with Gasteiger partial charge in [0.1, 0.15) is 0 Å². The van der Waals surface area contributed by atoms with Crippen LogP contribution in [0.5, 0.6) is 0 Å². The molecule has 3 nitrogen and oxygen atoms in total. The molecule has 0 radical (unpaired) electrons. The maximum atomic E-state index is 11.7. The van der Waals surface area contributed by atoms with Crippen LogP contribution in [0.25, 0.3) is 0 Å². The van der Waals surface area contributed by atoms with E-state index in [-0.39, 0.29) is 19.9 Å². The summed E-state index contributed by atoms with van der Waals surface area (Å²) < 4.78 is 11.7. The Bertz CT molecular complexity index is 99.0. The monoisotopic (exact) mass is 179 g/mol. The van der Waals surface area contributed by atoms with Crippen molar-refractivity contribution in [3.05, 3.63) is 0 Å². The molecule has 0 aliphatic carbocycles. The molecular formula is C8H18FNO2. The third-order valence-electron chi connectivity index (χ3n) is 2.09. The Hall–Kier alpha value is -0.190. The summed E-state index contributed by atoms with van der Waals surface area (Å²) in [5.74, 6) is 0. The lowest BCUT2D eigenvalue weighted by Gasteiger charge is -2.29. The Kier molecular flexibility index (Phi) is 6.24. The lowest BCUT2D eigenvalue weighted by Crippen LogP contribution is -2.51. The van der Waals surface area contributed by atoms with Gasteiger partial charge >= 0.3 is 0 Å². The zero-order valence-electron chi connectivity index (χ0n) is 7.52. The van der Waals surface area contributed by atoms with Gasteiger partial charge in [-0.3, -0.25) is 4.39 Å². The Labute approximate surface area is 72.6 Å². The zero-order chi connectivity index (χ0) is 9.45. The molecule has 0 saturated carbocycles. The second-order valence-corrected chi connectivity index (χ2v) is 2.92. The molecule has 3 N–H and O–H groups in total. The number of aliphatic hydroxyl groups is 2. The smallest absolute Gasteiger partial charge is 0.0906 e. The number of hydrogen-bond donors (Lipinski definition) is 3. The van der Waals surface area contributed by atoms with E-state index in [9.17, 15) is 4.39 Å². The van der Waals surface area contributed by atoms with Gasteiger partial charge in [0, 0.05) is 0 Å². The van der Waals surface area contributed by atoms with E-state index in [1.165, 1.54) is 0 Å². The number of halogens is 1. The predicted molar refractivity (Wildman–Crippen MR) is 45.8 cm³/mol. The Morgan fingerprint density at radius 3 is 2.25 bits per heavy atom. The molecule has 0 saturated heterocycles. The number of aliphatic hydroxyl groups excluding tert-OH is 2. The fourth-order valence-corrected chi connectivity index (χ4v) is 0.931. The number of rotatable bonds is 7. The zero-order valence-corrected chi connectivity index (χ0v) is 7.52. The van der Waals surface area contributed by atoms with E-state index in [1.54, 1.807) is 0 Å². The first-order valence-corrected chi connectivity index (χ1v) is 4.27. The molecule has 0 unspecified atom stereocenters. The maximum Gasteiger partial charge on any atom is 0.0906 e. The second-order valence-electron chi connectivity index (χ2n) is 2.92.